The van der Waals surface area contributed by atoms with E-state index in [-0.39, 0.29) is 42.0 Å². The molecule has 8 heteroatoms. The van der Waals surface area contributed by atoms with Crippen LogP contribution >= 0.6 is 0 Å². The lowest BCUT2D eigenvalue weighted by molar-refractivity contribution is -0.151. The normalized spacial score (nSPS) is 12.6. The molecule has 55 heavy (non-hydrogen) atoms. The molecule has 0 saturated heterocycles. The number of carbonyl (C=O) groups is 3. The lowest BCUT2D eigenvalue weighted by Crippen LogP contribution is -2.24. The van der Waals surface area contributed by atoms with Crippen LogP contribution in [0.2, 0.25) is 0 Å². The summed E-state index contributed by atoms with van der Waals surface area (Å²) in [5, 5.41) is 0. The smallest absolute Gasteiger partial charge is 0.330 e. The number of carbonyl (C=O) groups excluding carboxylic acids is 3. The largest absolute Gasteiger partial charge is 0.462 e. The highest BCUT2D eigenvalue weighted by Crippen LogP contribution is 2.28. The third-order valence-electron chi connectivity index (χ3n) is 8.46. The molecule has 0 aromatic carbocycles. The summed E-state index contributed by atoms with van der Waals surface area (Å²) < 4.78 is 16.5. The van der Waals surface area contributed by atoms with Crippen LogP contribution < -0.4 is 6.15 Å². The zero-order valence-corrected chi connectivity index (χ0v) is 36.7. The molecule has 0 radical (unpaired) electrons. The minimum absolute atomic E-state index is 0. The topological polar surface area (TPSA) is 117 Å². The molecule has 318 valence electrons. The molecule has 1 unspecified atom stereocenters. The molecule has 0 amide bonds. The number of hydrogen-bond donors (Lipinski definition) is 1. The Hall–Kier alpha value is -3.23. The second kappa shape index (κ2) is 41.9. The first-order valence-corrected chi connectivity index (χ1v) is 21.2. The van der Waals surface area contributed by atoms with E-state index in [1.807, 2.05) is 56.4 Å². The van der Waals surface area contributed by atoms with Crippen LogP contribution in [-0.4, -0.2) is 62.8 Å². The molecule has 0 aliphatic carbocycles. The van der Waals surface area contributed by atoms with Gasteiger partial charge in [-0.2, -0.15) is 0 Å². The van der Waals surface area contributed by atoms with Crippen LogP contribution in [0.1, 0.15) is 164 Å². The van der Waals surface area contributed by atoms with Gasteiger partial charge in [0.15, 0.2) is 0 Å². The number of esters is 3. The first-order valence-electron chi connectivity index (χ1n) is 21.2. The molecule has 1 atom stereocenters. The van der Waals surface area contributed by atoms with Crippen LogP contribution in [0.15, 0.2) is 72.9 Å². The summed E-state index contributed by atoms with van der Waals surface area (Å²) in [5.74, 6) is -0.722. The molecule has 0 aromatic rings. The Morgan fingerprint density at radius 3 is 1.82 bits per heavy atom. The fourth-order valence-corrected chi connectivity index (χ4v) is 5.37. The second-order valence-electron chi connectivity index (χ2n) is 14.6. The summed E-state index contributed by atoms with van der Waals surface area (Å²) in [5.41, 5.74) is -0.123. The van der Waals surface area contributed by atoms with Gasteiger partial charge in [-0.05, 0) is 90.3 Å². The Morgan fingerprint density at radius 1 is 0.636 bits per heavy atom. The van der Waals surface area contributed by atoms with Gasteiger partial charge in [0, 0.05) is 12.5 Å². The molecular formula is C47H84N2O6. The van der Waals surface area contributed by atoms with E-state index in [1.165, 1.54) is 57.4 Å². The van der Waals surface area contributed by atoms with Crippen molar-refractivity contribution in [3.05, 3.63) is 72.9 Å². The number of nitrogens with zero attached hydrogens (tertiary/aromatic N) is 1. The van der Waals surface area contributed by atoms with Crippen molar-refractivity contribution in [2.75, 3.05) is 33.9 Å². The van der Waals surface area contributed by atoms with Gasteiger partial charge in [0.2, 0.25) is 0 Å². The number of ether oxygens (including phenoxy) is 3. The molecular weight excluding hydrogens is 689 g/mol. The molecule has 0 aliphatic rings. The quantitative estimate of drug-likeness (QED) is 0.0230. The summed E-state index contributed by atoms with van der Waals surface area (Å²) >= 11 is 0. The lowest BCUT2D eigenvalue weighted by atomic mass is 9.84. The minimum Gasteiger partial charge on any atom is -0.462 e. The van der Waals surface area contributed by atoms with Crippen molar-refractivity contribution in [3.63, 3.8) is 0 Å². The second-order valence-corrected chi connectivity index (χ2v) is 14.6. The highest BCUT2D eigenvalue weighted by Gasteiger charge is 2.24. The van der Waals surface area contributed by atoms with Crippen molar-refractivity contribution in [2.24, 2.45) is 5.41 Å². The van der Waals surface area contributed by atoms with Crippen molar-refractivity contribution >= 4 is 17.9 Å². The number of hydrogen-bond acceptors (Lipinski definition) is 8. The first-order chi connectivity index (χ1) is 26.1. The number of rotatable bonds is 33. The zero-order chi connectivity index (χ0) is 40.5. The fraction of sp³-hybridized carbons (Fsp3) is 0.681. The summed E-state index contributed by atoms with van der Waals surface area (Å²) in [6.45, 7) is 14.3. The van der Waals surface area contributed by atoms with E-state index in [2.05, 4.69) is 64.9 Å². The van der Waals surface area contributed by atoms with Crippen LogP contribution in [0, 0.1) is 5.41 Å². The predicted molar refractivity (Wildman–Crippen MR) is 234 cm³/mol. The van der Waals surface area contributed by atoms with E-state index in [9.17, 15) is 14.4 Å². The van der Waals surface area contributed by atoms with Gasteiger partial charge in [-0.3, -0.25) is 9.59 Å². The Balaban J connectivity index is -0.00000885. The monoisotopic (exact) mass is 773 g/mol. The van der Waals surface area contributed by atoms with Gasteiger partial charge >= 0.3 is 17.9 Å². The van der Waals surface area contributed by atoms with Gasteiger partial charge in [0.05, 0.1) is 12.8 Å². The standard InChI is InChI=1S/C45H75NO6.C2H6.H3N/c1-7-9-11-13-15-23-29-38-50-42(47)34-27-21-17-19-25-32-41(52-44(49)40-45(3,4)36-31-37-46(5)6)33-26-20-18-22-28-35-43(48)51-39-30-24-16-14-12-10-8-2;1-2;/h17,19-20,22-24,26-30,34,41H,7-16,18,21,25,31-33,35-40H2,1-6H3;1-2H3;1H3/b19-17-,26-20-,28-22-,29-23-,30-24-,34-27-;;. The van der Waals surface area contributed by atoms with E-state index in [4.69, 9.17) is 14.2 Å². The molecule has 3 N–H and O–H groups in total. The van der Waals surface area contributed by atoms with E-state index in [0.717, 1.165) is 38.6 Å². The van der Waals surface area contributed by atoms with Gasteiger partial charge in [-0.15, -0.1) is 0 Å². The Morgan fingerprint density at radius 2 is 1.20 bits per heavy atom. The van der Waals surface area contributed by atoms with Crippen molar-refractivity contribution in [1.82, 2.24) is 11.1 Å². The Labute approximate surface area is 338 Å². The first kappa shape index (κ1) is 56.1. The van der Waals surface area contributed by atoms with Crippen molar-refractivity contribution in [2.45, 2.75) is 170 Å². The zero-order valence-electron chi connectivity index (χ0n) is 36.7. The molecule has 0 rings (SSSR count). The van der Waals surface area contributed by atoms with Crippen molar-refractivity contribution in [3.8, 4) is 0 Å². The molecule has 0 bridgehead atoms. The highest BCUT2D eigenvalue weighted by atomic mass is 16.5. The predicted octanol–water partition coefficient (Wildman–Crippen LogP) is 12.5. The maximum atomic E-state index is 13.0. The molecule has 0 heterocycles. The number of unbranched alkanes of at least 4 members (excludes halogenated alkanes) is 8. The molecule has 0 fully saturated rings. The van der Waals surface area contributed by atoms with E-state index < -0.39 is 0 Å². The summed E-state index contributed by atoms with van der Waals surface area (Å²) in [6, 6.07) is 0. The maximum absolute atomic E-state index is 13.0. The van der Waals surface area contributed by atoms with E-state index >= 15 is 0 Å². The molecule has 0 spiro atoms. The van der Waals surface area contributed by atoms with Crippen LogP contribution in [0.3, 0.4) is 0 Å². The van der Waals surface area contributed by atoms with Crippen LogP contribution in [0.25, 0.3) is 0 Å². The van der Waals surface area contributed by atoms with Crippen molar-refractivity contribution in [1.29, 1.82) is 0 Å². The third kappa shape index (κ3) is 43.4. The third-order valence-corrected chi connectivity index (χ3v) is 8.46. The SMILES string of the molecule is CC.CCCCCC/C=C\COC(=O)/C=C\C/C=C\CCC(C/C=C\C/C=C\CC(=O)OC/C=C\CCCCCC)OC(=O)CC(C)(C)CCCN(C)C.N. The van der Waals surface area contributed by atoms with Crippen molar-refractivity contribution < 1.29 is 28.6 Å². The molecule has 0 aliphatic heterocycles. The van der Waals surface area contributed by atoms with Crippen LogP contribution in [-0.2, 0) is 28.6 Å². The van der Waals surface area contributed by atoms with Gasteiger partial charge in [-0.1, -0.05) is 147 Å². The highest BCUT2D eigenvalue weighted by molar-refractivity contribution is 5.81. The van der Waals surface area contributed by atoms with Gasteiger partial charge in [-0.25, -0.2) is 4.79 Å². The maximum Gasteiger partial charge on any atom is 0.330 e. The van der Waals surface area contributed by atoms with Crippen LogP contribution in [0.5, 0.6) is 0 Å². The van der Waals surface area contributed by atoms with Crippen LogP contribution in [0.4, 0.5) is 0 Å². The summed E-state index contributed by atoms with van der Waals surface area (Å²) in [4.78, 5) is 39.1. The minimum atomic E-state index is -0.335. The average molecular weight is 773 g/mol. The van der Waals surface area contributed by atoms with E-state index in [0.29, 0.717) is 45.3 Å². The van der Waals surface area contributed by atoms with Gasteiger partial charge in [0.25, 0.3) is 0 Å². The van der Waals surface area contributed by atoms with Gasteiger partial charge < -0.3 is 25.3 Å². The van der Waals surface area contributed by atoms with E-state index in [1.54, 1.807) is 6.08 Å². The van der Waals surface area contributed by atoms with Gasteiger partial charge in [0.1, 0.15) is 19.3 Å². The summed E-state index contributed by atoms with van der Waals surface area (Å²) in [6.07, 6.45) is 41.0. The number of allylic oxidation sites excluding steroid dienone is 7. The Kier molecular flexibility index (Phi) is 42.8. The summed E-state index contributed by atoms with van der Waals surface area (Å²) in [7, 11) is 4.13. The lowest BCUT2D eigenvalue weighted by Gasteiger charge is -2.25. The molecule has 0 aromatic heterocycles. The Bertz CT molecular complexity index is 1090. The fourth-order valence-electron chi connectivity index (χ4n) is 5.37. The molecule has 8 nitrogen and oxygen atoms in total. The average Bonchev–Trinajstić information content (AvgIpc) is 3.13. The molecule has 0 saturated carbocycles.